The Labute approximate surface area is 224 Å². The maximum atomic E-state index is 13.2. The Morgan fingerprint density at radius 2 is 1.71 bits per heavy atom. The maximum Gasteiger partial charge on any atom is 0.354 e. The van der Waals surface area contributed by atoms with E-state index in [9.17, 15) is 14.7 Å². The molecule has 0 aliphatic carbocycles. The van der Waals surface area contributed by atoms with Crippen molar-refractivity contribution in [2.24, 2.45) is 0 Å². The molecule has 2 aromatic heterocycles. The standard InChI is InChI=1S/C30H25ClN4O3/c1-17-12-25-26(13-18(17)2)35-28(34-25)23(19-6-4-3-5-7-19)16-33-29(36)22-9-8-20(14-24(22)31)21-10-11-32-27(15-21)30(37)38/h3-15,23H,16H2,1-2H3,(H,33,36)(H,34,35)(H,37,38). The number of imidazole rings is 1. The minimum Gasteiger partial charge on any atom is -0.477 e. The summed E-state index contributed by atoms with van der Waals surface area (Å²) in [5, 5.41) is 12.5. The molecule has 190 valence electrons. The molecule has 0 saturated carbocycles. The highest BCUT2D eigenvalue weighted by molar-refractivity contribution is 6.34. The summed E-state index contributed by atoms with van der Waals surface area (Å²) in [6, 6.07) is 22.2. The van der Waals surface area contributed by atoms with Gasteiger partial charge < -0.3 is 15.4 Å². The SMILES string of the molecule is Cc1cc2nc(C(CNC(=O)c3ccc(-c4ccnc(C(=O)O)c4)cc3Cl)c3ccccc3)[nH]c2cc1C. The van der Waals surface area contributed by atoms with Crippen LogP contribution in [0.4, 0.5) is 0 Å². The molecule has 5 rings (SSSR count). The van der Waals surface area contributed by atoms with E-state index in [0.717, 1.165) is 22.4 Å². The summed E-state index contributed by atoms with van der Waals surface area (Å²) in [7, 11) is 0. The van der Waals surface area contributed by atoms with Crippen LogP contribution in [-0.4, -0.2) is 38.5 Å². The van der Waals surface area contributed by atoms with Crippen LogP contribution < -0.4 is 5.32 Å². The summed E-state index contributed by atoms with van der Waals surface area (Å²) in [5.74, 6) is -0.856. The second-order valence-corrected chi connectivity index (χ2v) is 9.59. The van der Waals surface area contributed by atoms with Crippen LogP contribution >= 0.6 is 11.6 Å². The molecule has 3 aromatic carbocycles. The first-order valence-corrected chi connectivity index (χ1v) is 12.5. The van der Waals surface area contributed by atoms with Gasteiger partial charge in [0.25, 0.3) is 5.91 Å². The number of amides is 1. The molecule has 3 N–H and O–H groups in total. The Hall–Kier alpha value is -4.49. The molecule has 7 nitrogen and oxygen atoms in total. The van der Waals surface area contributed by atoms with Gasteiger partial charge in [-0.1, -0.05) is 48.0 Å². The van der Waals surface area contributed by atoms with Crippen LogP contribution in [0.3, 0.4) is 0 Å². The number of carbonyl (C=O) groups is 2. The van der Waals surface area contributed by atoms with Gasteiger partial charge in [-0.15, -0.1) is 0 Å². The number of hydrogen-bond donors (Lipinski definition) is 3. The van der Waals surface area contributed by atoms with E-state index in [2.05, 4.69) is 41.3 Å². The number of nitrogens with zero attached hydrogens (tertiary/aromatic N) is 2. The van der Waals surface area contributed by atoms with Crippen LogP contribution in [0.25, 0.3) is 22.2 Å². The largest absolute Gasteiger partial charge is 0.477 e. The number of aryl methyl sites for hydroxylation is 2. The number of H-pyrrole nitrogens is 1. The number of nitrogens with one attached hydrogen (secondary N) is 2. The summed E-state index contributed by atoms with van der Waals surface area (Å²) < 4.78 is 0. The molecule has 38 heavy (non-hydrogen) atoms. The average Bonchev–Trinajstić information content (AvgIpc) is 3.31. The number of carboxylic acid groups (broad SMARTS) is 1. The smallest absolute Gasteiger partial charge is 0.354 e. The second kappa shape index (κ2) is 10.5. The molecule has 2 heterocycles. The number of aromatic amines is 1. The molecule has 1 atom stereocenters. The van der Waals surface area contributed by atoms with E-state index in [1.54, 1.807) is 24.3 Å². The fourth-order valence-corrected chi connectivity index (χ4v) is 4.67. The lowest BCUT2D eigenvalue weighted by Crippen LogP contribution is -2.29. The molecule has 0 bridgehead atoms. The van der Waals surface area contributed by atoms with E-state index in [1.807, 2.05) is 30.3 Å². The Bertz CT molecular complexity index is 1620. The van der Waals surface area contributed by atoms with Gasteiger partial charge in [0.05, 0.1) is 27.5 Å². The lowest BCUT2D eigenvalue weighted by Gasteiger charge is -2.17. The first-order valence-electron chi connectivity index (χ1n) is 12.1. The zero-order valence-corrected chi connectivity index (χ0v) is 21.6. The van der Waals surface area contributed by atoms with Crippen molar-refractivity contribution in [1.29, 1.82) is 0 Å². The quantitative estimate of drug-likeness (QED) is 0.236. The van der Waals surface area contributed by atoms with E-state index in [4.69, 9.17) is 16.6 Å². The van der Waals surface area contributed by atoms with Gasteiger partial charge in [-0.3, -0.25) is 4.79 Å². The van der Waals surface area contributed by atoms with Gasteiger partial charge >= 0.3 is 5.97 Å². The molecule has 0 spiro atoms. The molecular weight excluding hydrogens is 500 g/mol. The van der Waals surface area contributed by atoms with Crippen LogP contribution in [-0.2, 0) is 0 Å². The van der Waals surface area contributed by atoms with Gasteiger partial charge in [-0.05, 0) is 78.1 Å². The molecule has 0 fully saturated rings. The van der Waals surface area contributed by atoms with Crippen LogP contribution in [0.2, 0.25) is 5.02 Å². The number of hydrogen-bond acceptors (Lipinski definition) is 4. The van der Waals surface area contributed by atoms with Gasteiger partial charge in [0, 0.05) is 12.7 Å². The van der Waals surface area contributed by atoms with Gasteiger partial charge in [0.15, 0.2) is 0 Å². The summed E-state index contributed by atoms with van der Waals surface area (Å²) >= 11 is 6.50. The number of carboxylic acids is 1. The van der Waals surface area contributed by atoms with E-state index >= 15 is 0 Å². The van der Waals surface area contributed by atoms with Gasteiger partial charge in [-0.2, -0.15) is 0 Å². The summed E-state index contributed by atoms with van der Waals surface area (Å²) in [5.41, 5.74) is 6.80. The minimum absolute atomic E-state index is 0.0664. The van der Waals surface area contributed by atoms with E-state index in [-0.39, 0.29) is 22.5 Å². The van der Waals surface area contributed by atoms with Gasteiger partial charge in [-0.25, -0.2) is 14.8 Å². The average molecular weight is 525 g/mol. The van der Waals surface area contributed by atoms with Crippen LogP contribution in [0.1, 0.15) is 49.3 Å². The van der Waals surface area contributed by atoms with Crippen molar-refractivity contribution in [2.45, 2.75) is 19.8 Å². The van der Waals surface area contributed by atoms with Crippen LogP contribution in [0.15, 0.2) is 79.0 Å². The van der Waals surface area contributed by atoms with E-state index in [0.29, 0.717) is 23.2 Å². The molecule has 0 aliphatic heterocycles. The summed E-state index contributed by atoms with van der Waals surface area (Å²) in [6.07, 6.45) is 1.43. The fourth-order valence-electron chi connectivity index (χ4n) is 4.41. The predicted octanol–water partition coefficient (Wildman–Crippen LogP) is 6.16. The number of aromatic nitrogens is 3. The normalized spacial score (nSPS) is 11.9. The van der Waals surface area contributed by atoms with Crippen molar-refractivity contribution in [3.63, 3.8) is 0 Å². The van der Waals surface area contributed by atoms with Crippen LogP contribution in [0, 0.1) is 13.8 Å². The summed E-state index contributed by atoms with van der Waals surface area (Å²) in [4.78, 5) is 36.6. The number of pyridine rings is 1. The van der Waals surface area contributed by atoms with Crippen molar-refractivity contribution in [3.05, 3.63) is 118 Å². The molecular formula is C30H25ClN4O3. The van der Waals surface area contributed by atoms with Crippen LogP contribution in [0.5, 0.6) is 0 Å². The van der Waals surface area contributed by atoms with Gasteiger partial charge in [0.1, 0.15) is 11.5 Å². The van der Waals surface area contributed by atoms with Crippen molar-refractivity contribution >= 4 is 34.5 Å². The lowest BCUT2D eigenvalue weighted by molar-refractivity contribution is 0.0690. The third-order valence-electron chi connectivity index (χ3n) is 6.64. The maximum absolute atomic E-state index is 13.2. The lowest BCUT2D eigenvalue weighted by atomic mass is 9.98. The second-order valence-electron chi connectivity index (χ2n) is 9.18. The molecule has 8 heteroatoms. The third kappa shape index (κ3) is 5.14. The highest BCUT2D eigenvalue weighted by Crippen LogP contribution is 2.28. The van der Waals surface area contributed by atoms with E-state index in [1.165, 1.54) is 23.4 Å². The monoisotopic (exact) mass is 524 g/mol. The highest BCUT2D eigenvalue weighted by atomic mass is 35.5. The topological polar surface area (TPSA) is 108 Å². The fraction of sp³-hybridized carbons (Fsp3) is 0.133. The number of carbonyl (C=O) groups excluding carboxylic acids is 1. The van der Waals surface area contributed by atoms with Crippen molar-refractivity contribution in [2.75, 3.05) is 6.54 Å². The Balaban J connectivity index is 1.39. The van der Waals surface area contributed by atoms with Gasteiger partial charge in [0.2, 0.25) is 0 Å². The molecule has 0 aliphatic rings. The first kappa shape index (κ1) is 25.2. The number of halogens is 1. The molecule has 1 unspecified atom stereocenters. The van der Waals surface area contributed by atoms with Crippen molar-refractivity contribution in [3.8, 4) is 11.1 Å². The van der Waals surface area contributed by atoms with Crippen molar-refractivity contribution < 1.29 is 14.7 Å². The minimum atomic E-state index is -1.11. The molecule has 0 saturated heterocycles. The number of fused-ring (bicyclic) bond motifs is 1. The predicted molar refractivity (Wildman–Crippen MR) is 148 cm³/mol. The molecule has 1 amide bonds. The number of benzene rings is 3. The zero-order chi connectivity index (χ0) is 26.8. The van der Waals surface area contributed by atoms with E-state index < -0.39 is 5.97 Å². The third-order valence-corrected chi connectivity index (χ3v) is 6.95. The highest BCUT2D eigenvalue weighted by Gasteiger charge is 2.21. The Morgan fingerprint density at radius 3 is 2.45 bits per heavy atom. The summed E-state index contributed by atoms with van der Waals surface area (Å²) in [6.45, 7) is 4.44. The Kier molecular flexibility index (Phi) is 6.94. The van der Waals surface area contributed by atoms with Crippen molar-refractivity contribution in [1.82, 2.24) is 20.3 Å². The molecule has 5 aromatic rings. The number of aromatic carboxylic acids is 1. The molecule has 0 radical (unpaired) electrons. The first-order chi connectivity index (χ1) is 18.3. The number of rotatable bonds is 7. The zero-order valence-electron chi connectivity index (χ0n) is 20.8. The Morgan fingerprint density at radius 1 is 0.974 bits per heavy atom.